The van der Waals surface area contributed by atoms with Gasteiger partial charge >= 0.3 is 0 Å². The van der Waals surface area contributed by atoms with Crippen molar-refractivity contribution in [2.75, 3.05) is 6.61 Å². The molecule has 0 spiro atoms. The first kappa shape index (κ1) is 15.0. The van der Waals surface area contributed by atoms with Gasteiger partial charge in [-0.15, -0.1) is 5.10 Å². The molecule has 1 aromatic heterocycles. The highest BCUT2D eigenvalue weighted by molar-refractivity contribution is 5.77. The number of nitrogens with zero attached hydrogens (tertiary/aromatic N) is 3. The van der Waals surface area contributed by atoms with Crippen LogP contribution < -0.4 is 10.1 Å². The maximum absolute atomic E-state index is 12.0. The second-order valence-electron chi connectivity index (χ2n) is 5.14. The number of para-hydroxylation sites is 1. The Morgan fingerprint density at radius 2 is 2.10 bits per heavy atom. The van der Waals surface area contributed by atoms with E-state index in [0.29, 0.717) is 12.3 Å². The molecule has 0 fully saturated rings. The van der Waals surface area contributed by atoms with Crippen LogP contribution in [0.4, 0.5) is 0 Å². The third kappa shape index (κ3) is 4.91. The molecule has 0 radical (unpaired) electrons. The Bertz CT molecular complexity index is 540. The van der Waals surface area contributed by atoms with Gasteiger partial charge in [-0.1, -0.05) is 37.3 Å². The van der Waals surface area contributed by atoms with Gasteiger partial charge in [-0.05, 0) is 18.1 Å². The van der Waals surface area contributed by atoms with E-state index in [-0.39, 0.29) is 24.5 Å². The summed E-state index contributed by atoms with van der Waals surface area (Å²) in [5.41, 5.74) is 0. The number of aromatic nitrogens is 3. The molecule has 1 atom stereocenters. The smallest absolute Gasteiger partial charge is 0.258 e. The molecule has 1 amide bonds. The predicted molar refractivity (Wildman–Crippen MR) is 78.7 cm³/mol. The van der Waals surface area contributed by atoms with E-state index in [4.69, 9.17) is 4.74 Å². The first-order valence-electron chi connectivity index (χ1n) is 6.96. The molecular weight excluding hydrogens is 268 g/mol. The lowest BCUT2D eigenvalue weighted by Crippen LogP contribution is -2.43. The van der Waals surface area contributed by atoms with E-state index in [9.17, 15) is 4.79 Å². The Kier molecular flexibility index (Phi) is 5.31. The summed E-state index contributed by atoms with van der Waals surface area (Å²) in [6.45, 7) is 4.71. The van der Waals surface area contributed by atoms with Gasteiger partial charge in [0.2, 0.25) is 0 Å². The van der Waals surface area contributed by atoms with Crippen LogP contribution in [0.25, 0.3) is 0 Å². The van der Waals surface area contributed by atoms with E-state index >= 15 is 0 Å². The average molecular weight is 288 g/mol. The van der Waals surface area contributed by atoms with E-state index in [2.05, 4.69) is 29.5 Å². The lowest BCUT2D eigenvalue weighted by molar-refractivity contribution is -0.124. The second-order valence-corrected chi connectivity index (χ2v) is 5.14. The zero-order valence-corrected chi connectivity index (χ0v) is 12.3. The van der Waals surface area contributed by atoms with Crippen LogP contribution in [0.2, 0.25) is 0 Å². The number of hydrogen-bond donors (Lipinski definition) is 1. The van der Waals surface area contributed by atoms with Crippen LogP contribution in [0.5, 0.6) is 5.75 Å². The molecule has 1 heterocycles. The fourth-order valence-electron chi connectivity index (χ4n) is 1.87. The zero-order chi connectivity index (χ0) is 15.1. The second kappa shape index (κ2) is 7.42. The molecule has 112 valence electrons. The van der Waals surface area contributed by atoms with Crippen molar-refractivity contribution < 1.29 is 9.53 Å². The highest BCUT2D eigenvalue weighted by Crippen LogP contribution is 2.08. The molecule has 0 aliphatic carbocycles. The van der Waals surface area contributed by atoms with E-state index in [1.165, 1.54) is 0 Å². The molecule has 2 aromatic rings. The van der Waals surface area contributed by atoms with Crippen molar-refractivity contribution >= 4 is 5.91 Å². The third-order valence-corrected chi connectivity index (χ3v) is 3.12. The lowest BCUT2D eigenvalue weighted by Gasteiger charge is -2.22. The first-order chi connectivity index (χ1) is 10.1. The average Bonchev–Trinajstić information content (AvgIpc) is 2.98. The Hall–Kier alpha value is -2.37. The standard InChI is InChI=1S/C15H20N4O2/c1-12(2)14(10-19-9-8-16-18-19)17-15(20)11-21-13-6-4-3-5-7-13/h3-9,12,14H,10-11H2,1-2H3,(H,17,20)/t14-/m1/s1. The van der Waals surface area contributed by atoms with Gasteiger partial charge in [0.05, 0.1) is 18.8 Å². The van der Waals surface area contributed by atoms with Gasteiger partial charge in [0.15, 0.2) is 6.61 Å². The fourth-order valence-corrected chi connectivity index (χ4v) is 1.87. The molecule has 21 heavy (non-hydrogen) atoms. The number of hydrogen-bond acceptors (Lipinski definition) is 4. The number of amides is 1. The summed E-state index contributed by atoms with van der Waals surface area (Å²) in [6, 6.07) is 9.27. The normalized spacial score (nSPS) is 12.1. The Morgan fingerprint density at radius 1 is 1.33 bits per heavy atom. The Labute approximate surface area is 124 Å². The summed E-state index contributed by atoms with van der Waals surface area (Å²) in [5.74, 6) is 0.831. The van der Waals surface area contributed by atoms with Crippen molar-refractivity contribution in [3.63, 3.8) is 0 Å². The van der Waals surface area contributed by atoms with Gasteiger partial charge in [0, 0.05) is 6.20 Å². The number of carbonyl (C=O) groups excluding carboxylic acids is 1. The van der Waals surface area contributed by atoms with Crippen molar-refractivity contribution in [3.8, 4) is 5.75 Å². The molecule has 0 bridgehead atoms. The van der Waals surface area contributed by atoms with Crippen molar-refractivity contribution in [2.24, 2.45) is 5.92 Å². The monoisotopic (exact) mass is 288 g/mol. The van der Waals surface area contributed by atoms with Crippen molar-refractivity contribution in [1.82, 2.24) is 20.3 Å². The minimum atomic E-state index is -0.141. The van der Waals surface area contributed by atoms with Gasteiger partial charge in [-0.25, -0.2) is 0 Å². The molecule has 1 N–H and O–H groups in total. The fraction of sp³-hybridized carbons (Fsp3) is 0.400. The van der Waals surface area contributed by atoms with Crippen LogP contribution in [0, 0.1) is 5.92 Å². The molecule has 6 nitrogen and oxygen atoms in total. The van der Waals surface area contributed by atoms with Gasteiger partial charge in [-0.3, -0.25) is 9.48 Å². The van der Waals surface area contributed by atoms with Crippen molar-refractivity contribution in [1.29, 1.82) is 0 Å². The van der Waals surface area contributed by atoms with E-state index in [1.807, 2.05) is 30.3 Å². The maximum atomic E-state index is 12.0. The number of benzene rings is 1. The number of nitrogens with one attached hydrogen (secondary N) is 1. The largest absolute Gasteiger partial charge is 0.484 e. The molecule has 0 saturated heterocycles. The highest BCUT2D eigenvalue weighted by Gasteiger charge is 2.17. The minimum absolute atomic E-state index is 0.00455. The molecule has 6 heteroatoms. The lowest BCUT2D eigenvalue weighted by atomic mass is 10.0. The summed E-state index contributed by atoms with van der Waals surface area (Å²) in [5, 5.41) is 10.7. The molecule has 0 aliphatic rings. The predicted octanol–water partition coefficient (Wildman–Crippen LogP) is 1.50. The molecule has 2 rings (SSSR count). The Morgan fingerprint density at radius 3 is 2.71 bits per heavy atom. The van der Waals surface area contributed by atoms with E-state index in [1.54, 1.807) is 17.1 Å². The quantitative estimate of drug-likeness (QED) is 0.838. The summed E-state index contributed by atoms with van der Waals surface area (Å²) in [6.07, 6.45) is 3.40. The van der Waals surface area contributed by atoms with Crippen LogP contribution in [0.1, 0.15) is 13.8 Å². The van der Waals surface area contributed by atoms with Crippen LogP contribution in [-0.4, -0.2) is 33.5 Å². The maximum Gasteiger partial charge on any atom is 0.258 e. The van der Waals surface area contributed by atoms with Gasteiger partial charge < -0.3 is 10.1 Å². The minimum Gasteiger partial charge on any atom is -0.484 e. The summed E-state index contributed by atoms with van der Waals surface area (Å²) < 4.78 is 7.15. The number of ether oxygens (including phenoxy) is 1. The topological polar surface area (TPSA) is 69.0 Å². The molecule has 1 aromatic carbocycles. The first-order valence-corrected chi connectivity index (χ1v) is 6.96. The Balaban J connectivity index is 1.83. The van der Waals surface area contributed by atoms with Crippen LogP contribution in [-0.2, 0) is 11.3 Å². The van der Waals surface area contributed by atoms with E-state index in [0.717, 1.165) is 0 Å². The molecule has 0 unspecified atom stereocenters. The summed E-state index contributed by atoms with van der Waals surface area (Å²) in [4.78, 5) is 12.0. The zero-order valence-electron chi connectivity index (χ0n) is 12.3. The van der Waals surface area contributed by atoms with Crippen LogP contribution in [0.15, 0.2) is 42.7 Å². The van der Waals surface area contributed by atoms with Gasteiger partial charge in [0.1, 0.15) is 5.75 Å². The summed E-state index contributed by atoms with van der Waals surface area (Å²) >= 11 is 0. The molecule has 0 aliphatic heterocycles. The SMILES string of the molecule is CC(C)[C@@H](Cn1ccnn1)NC(=O)COc1ccccc1. The van der Waals surface area contributed by atoms with E-state index < -0.39 is 0 Å². The molecule has 0 saturated carbocycles. The highest BCUT2D eigenvalue weighted by atomic mass is 16.5. The van der Waals surface area contributed by atoms with Crippen molar-refractivity contribution in [3.05, 3.63) is 42.7 Å². The third-order valence-electron chi connectivity index (χ3n) is 3.12. The van der Waals surface area contributed by atoms with Crippen molar-refractivity contribution in [2.45, 2.75) is 26.4 Å². The van der Waals surface area contributed by atoms with Crippen LogP contribution in [0.3, 0.4) is 0 Å². The van der Waals surface area contributed by atoms with Gasteiger partial charge in [0.25, 0.3) is 5.91 Å². The molecular formula is C15H20N4O2. The number of rotatable bonds is 7. The summed E-state index contributed by atoms with van der Waals surface area (Å²) in [7, 11) is 0. The van der Waals surface area contributed by atoms with Crippen LogP contribution >= 0.6 is 0 Å². The van der Waals surface area contributed by atoms with Gasteiger partial charge in [-0.2, -0.15) is 0 Å². The number of carbonyl (C=O) groups is 1.